The fraction of sp³-hybridized carbons (Fsp3) is 0.120. The third-order valence-electron chi connectivity index (χ3n) is 5.38. The number of furan rings is 1. The van der Waals surface area contributed by atoms with Crippen LogP contribution in [0.1, 0.15) is 11.1 Å². The SMILES string of the molecule is Cc1cccc(-c2cc[n+](C)c(-c3c(C)ccc4c3oc3ncccc34)c2)c1. The quantitative estimate of drug-likeness (QED) is 0.373. The zero-order valence-corrected chi connectivity index (χ0v) is 16.2. The summed E-state index contributed by atoms with van der Waals surface area (Å²) < 4.78 is 8.37. The van der Waals surface area contributed by atoms with E-state index in [-0.39, 0.29) is 0 Å². The van der Waals surface area contributed by atoms with Gasteiger partial charge in [0.2, 0.25) is 11.4 Å². The number of fused-ring (bicyclic) bond motifs is 3. The highest BCUT2D eigenvalue weighted by Gasteiger charge is 2.21. The molecular weight excluding hydrogens is 344 g/mol. The first-order valence-electron chi connectivity index (χ1n) is 9.46. The van der Waals surface area contributed by atoms with Crippen molar-refractivity contribution in [3.05, 3.63) is 84.2 Å². The van der Waals surface area contributed by atoms with Crippen molar-refractivity contribution in [2.75, 3.05) is 0 Å². The van der Waals surface area contributed by atoms with E-state index in [0.717, 1.165) is 27.6 Å². The first kappa shape index (κ1) is 16.7. The number of aromatic nitrogens is 2. The van der Waals surface area contributed by atoms with E-state index in [1.54, 1.807) is 6.20 Å². The topological polar surface area (TPSA) is 29.9 Å². The Morgan fingerprint density at radius 1 is 0.857 bits per heavy atom. The summed E-state index contributed by atoms with van der Waals surface area (Å²) in [4.78, 5) is 4.41. The summed E-state index contributed by atoms with van der Waals surface area (Å²) >= 11 is 0. The van der Waals surface area contributed by atoms with E-state index in [1.165, 1.54) is 22.3 Å². The highest BCUT2D eigenvalue weighted by Crippen LogP contribution is 2.37. The van der Waals surface area contributed by atoms with E-state index in [0.29, 0.717) is 5.71 Å². The Kier molecular flexibility index (Phi) is 3.76. The fourth-order valence-electron chi connectivity index (χ4n) is 3.91. The van der Waals surface area contributed by atoms with Gasteiger partial charge in [0.05, 0.1) is 5.56 Å². The normalized spacial score (nSPS) is 11.4. The van der Waals surface area contributed by atoms with Gasteiger partial charge >= 0.3 is 0 Å². The standard InChI is InChI=1S/C25H21N2O/c1-16-6-4-7-18(14-16)19-11-13-27(3)22(15-19)23-17(2)9-10-20-21-8-5-12-26-25(21)28-24(20)23/h4-15H,1-3H3/q+1. The molecular formula is C25H21N2O+. The maximum absolute atomic E-state index is 6.21. The minimum atomic E-state index is 0.682. The van der Waals surface area contributed by atoms with Crippen LogP contribution in [0.25, 0.3) is 44.5 Å². The van der Waals surface area contributed by atoms with Crippen LogP contribution in [0.15, 0.2) is 77.5 Å². The highest BCUT2D eigenvalue weighted by atomic mass is 16.3. The lowest BCUT2D eigenvalue weighted by molar-refractivity contribution is -0.660. The average molecular weight is 365 g/mol. The Balaban J connectivity index is 1.80. The predicted octanol–water partition coefficient (Wildman–Crippen LogP) is 5.76. The second kappa shape index (κ2) is 6.31. The Bertz CT molecular complexity index is 1350. The van der Waals surface area contributed by atoms with Gasteiger partial charge in [-0.1, -0.05) is 42.0 Å². The summed E-state index contributed by atoms with van der Waals surface area (Å²) in [6, 6.07) is 21.3. The third kappa shape index (κ3) is 2.59. The van der Waals surface area contributed by atoms with Crippen molar-refractivity contribution in [1.29, 1.82) is 0 Å². The lowest BCUT2D eigenvalue weighted by Crippen LogP contribution is -2.30. The van der Waals surface area contributed by atoms with E-state index in [1.807, 2.05) is 6.07 Å². The molecule has 0 N–H and O–H groups in total. The highest BCUT2D eigenvalue weighted by molar-refractivity contribution is 6.08. The lowest BCUT2D eigenvalue weighted by Gasteiger charge is -2.08. The van der Waals surface area contributed by atoms with Gasteiger partial charge in [-0.05, 0) is 42.7 Å². The molecule has 3 nitrogen and oxygen atoms in total. The van der Waals surface area contributed by atoms with Crippen LogP contribution >= 0.6 is 0 Å². The first-order chi connectivity index (χ1) is 13.6. The number of rotatable bonds is 2. The van der Waals surface area contributed by atoms with E-state index >= 15 is 0 Å². The molecule has 0 fully saturated rings. The van der Waals surface area contributed by atoms with Gasteiger partial charge in [0.15, 0.2) is 11.8 Å². The largest absolute Gasteiger partial charge is 0.437 e. The Labute approximate surface area is 163 Å². The molecule has 0 spiro atoms. The molecule has 2 aromatic carbocycles. The fourth-order valence-corrected chi connectivity index (χ4v) is 3.91. The molecule has 3 aromatic heterocycles. The zero-order chi connectivity index (χ0) is 19.3. The number of hydrogen-bond donors (Lipinski definition) is 0. The molecule has 0 atom stereocenters. The molecule has 0 bridgehead atoms. The van der Waals surface area contributed by atoms with Crippen molar-refractivity contribution in [3.8, 4) is 22.4 Å². The van der Waals surface area contributed by atoms with E-state index in [2.05, 4.69) is 91.2 Å². The molecule has 5 aromatic rings. The number of pyridine rings is 2. The molecule has 28 heavy (non-hydrogen) atoms. The maximum Gasteiger partial charge on any atom is 0.227 e. The van der Waals surface area contributed by atoms with Crippen LogP contribution < -0.4 is 4.57 Å². The van der Waals surface area contributed by atoms with Gasteiger partial charge < -0.3 is 4.42 Å². The van der Waals surface area contributed by atoms with Gasteiger partial charge in [0.25, 0.3) is 0 Å². The molecule has 0 saturated carbocycles. The Hall–Kier alpha value is -3.46. The first-order valence-corrected chi connectivity index (χ1v) is 9.46. The molecule has 0 aliphatic rings. The number of nitrogens with zero attached hydrogens (tertiary/aromatic N) is 2. The monoisotopic (exact) mass is 365 g/mol. The molecule has 0 amide bonds. The van der Waals surface area contributed by atoms with E-state index in [4.69, 9.17) is 4.42 Å². The molecule has 0 unspecified atom stereocenters. The summed E-state index contributed by atoms with van der Waals surface area (Å²) in [6.07, 6.45) is 3.89. The van der Waals surface area contributed by atoms with Crippen molar-refractivity contribution in [2.24, 2.45) is 7.05 Å². The van der Waals surface area contributed by atoms with Crippen LogP contribution in [0, 0.1) is 13.8 Å². The van der Waals surface area contributed by atoms with Gasteiger partial charge in [-0.2, -0.15) is 0 Å². The van der Waals surface area contributed by atoms with Gasteiger partial charge in [-0.15, -0.1) is 0 Å². The van der Waals surface area contributed by atoms with Crippen LogP contribution in [0.3, 0.4) is 0 Å². The summed E-state index contributed by atoms with van der Waals surface area (Å²) in [5.74, 6) is 0. The van der Waals surface area contributed by atoms with Crippen LogP contribution in [0.2, 0.25) is 0 Å². The van der Waals surface area contributed by atoms with E-state index < -0.39 is 0 Å². The van der Waals surface area contributed by atoms with Crippen molar-refractivity contribution in [1.82, 2.24) is 4.98 Å². The molecule has 0 saturated heterocycles. The van der Waals surface area contributed by atoms with Crippen molar-refractivity contribution < 1.29 is 8.98 Å². The van der Waals surface area contributed by atoms with Crippen molar-refractivity contribution in [3.63, 3.8) is 0 Å². The van der Waals surface area contributed by atoms with Gasteiger partial charge in [0, 0.05) is 29.1 Å². The van der Waals surface area contributed by atoms with Crippen LogP contribution in [0.4, 0.5) is 0 Å². The maximum atomic E-state index is 6.21. The Morgan fingerprint density at radius 3 is 2.57 bits per heavy atom. The van der Waals surface area contributed by atoms with Crippen LogP contribution in [-0.2, 0) is 7.05 Å². The van der Waals surface area contributed by atoms with Crippen LogP contribution in [-0.4, -0.2) is 4.98 Å². The molecule has 5 rings (SSSR count). The van der Waals surface area contributed by atoms with Crippen molar-refractivity contribution in [2.45, 2.75) is 13.8 Å². The number of hydrogen-bond acceptors (Lipinski definition) is 2. The van der Waals surface area contributed by atoms with E-state index in [9.17, 15) is 0 Å². The minimum Gasteiger partial charge on any atom is -0.437 e. The second-order valence-corrected chi connectivity index (χ2v) is 7.37. The summed E-state index contributed by atoms with van der Waals surface area (Å²) in [7, 11) is 2.08. The molecule has 3 heterocycles. The van der Waals surface area contributed by atoms with Gasteiger partial charge in [-0.25, -0.2) is 9.55 Å². The summed E-state index contributed by atoms with van der Waals surface area (Å²) in [5, 5.41) is 2.15. The van der Waals surface area contributed by atoms with Crippen LogP contribution in [0.5, 0.6) is 0 Å². The molecule has 136 valence electrons. The average Bonchev–Trinajstić information content (AvgIpc) is 3.07. The summed E-state index contributed by atoms with van der Waals surface area (Å²) in [5.41, 5.74) is 8.68. The number of benzene rings is 2. The molecule has 0 aliphatic heterocycles. The summed E-state index contributed by atoms with van der Waals surface area (Å²) in [6.45, 7) is 4.26. The molecule has 3 heteroatoms. The van der Waals surface area contributed by atoms with Crippen molar-refractivity contribution >= 4 is 22.1 Å². The van der Waals surface area contributed by atoms with Gasteiger partial charge in [0.1, 0.15) is 7.05 Å². The predicted molar refractivity (Wildman–Crippen MR) is 113 cm³/mol. The smallest absolute Gasteiger partial charge is 0.227 e. The third-order valence-corrected chi connectivity index (χ3v) is 5.38. The Morgan fingerprint density at radius 2 is 1.71 bits per heavy atom. The zero-order valence-electron chi connectivity index (χ0n) is 16.2. The second-order valence-electron chi connectivity index (χ2n) is 7.37. The molecule has 0 radical (unpaired) electrons. The number of aryl methyl sites for hydroxylation is 3. The minimum absolute atomic E-state index is 0.682. The van der Waals surface area contributed by atoms with Gasteiger partial charge in [-0.3, -0.25) is 0 Å². The lowest BCUT2D eigenvalue weighted by atomic mass is 9.98. The molecule has 0 aliphatic carbocycles.